The van der Waals surface area contributed by atoms with Crippen molar-refractivity contribution in [3.05, 3.63) is 0 Å². The highest BCUT2D eigenvalue weighted by molar-refractivity contribution is 7.99. The predicted octanol–water partition coefficient (Wildman–Crippen LogP) is 0.600. The van der Waals surface area contributed by atoms with E-state index in [9.17, 15) is 8.42 Å². The molecule has 7 heteroatoms. The van der Waals surface area contributed by atoms with Crippen LogP contribution in [-0.4, -0.2) is 67.8 Å². The van der Waals surface area contributed by atoms with E-state index >= 15 is 0 Å². The maximum absolute atomic E-state index is 12.4. The number of nitrogens with one attached hydrogen (secondary N) is 1. The van der Waals surface area contributed by atoms with Gasteiger partial charge in [-0.1, -0.05) is 6.92 Å². The maximum Gasteiger partial charge on any atom is 0.282 e. The highest BCUT2D eigenvalue weighted by Gasteiger charge is 2.32. The Bertz CT molecular complexity index is 335. The second-order valence-corrected chi connectivity index (χ2v) is 7.71. The Morgan fingerprint density at radius 1 is 1.50 bits per heavy atom. The Balaban J connectivity index is 2.50. The fourth-order valence-electron chi connectivity index (χ4n) is 1.95. The first-order valence-electron chi connectivity index (χ1n) is 6.51. The van der Waals surface area contributed by atoms with Gasteiger partial charge >= 0.3 is 0 Å². The molecule has 1 N–H and O–H groups in total. The fraction of sp³-hybridized carbons (Fsp3) is 1.00. The van der Waals surface area contributed by atoms with Crippen LogP contribution >= 0.6 is 11.8 Å². The minimum absolute atomic E-state index is 0.102. The fourth-order valence-corrected chi connectivity index (χ4v) is 4.75. The van der Waals surface area contributed by atoms with Crippen molar-refractivity contribution in [2.75, 3.05) is 44.7 Å². The molecule has 1 aliphatic rings. The second-order valence-electron chi connectivity index (χ2n) is 4.57. The van der Waals surface area contributed by atoms with Crippen LogP contribution in [0.3, 0.4) is 0 Å². The normalized spacial score (nSPS) is 22.6. The first-order valence-corrected chi connectivity index (χ1v) is 9.07. The van der Waals surface area contributed by atoms with Crippen molar-refractivity contribution in [1.82, 2.24) is 13.9 Å². The Morgan fingerprint density at radius 3 is 2.83 bits per heavy atom. The zero-order valence-corrected chi connectivity index (χ0v) is 13.2. The van der Waals surface area contributed by atoms with Gasteiger partial charge in [-0.3, -0.25) is 0 Å². The van der Waals surface area contributed by atoms with E-state index in [2.05, 4.69) is 5.32 Å². The molecule has 1 fully saturated rings. The third-order valence-electron chi connectivity index (χ3n) is 3.07. The molecule has 0 saturated carbocycles. The predicted molar refractivity (Wildman–Crippen MR) is 78.2 cm³/mol. The van der Waals surface area contributed by atoms with Gasteiger partial charge in [0.1, 0.15) is 0 Å². The van der Waals surface area contributed by atoms with Crippen molar-refractivity contribution in [2.45, 2.75) is 26.3 Å². The van der Waals surface area contributed by atoms with Gasteiger partial charge < -0.3 is 5.32 Å². The molecule has 0 amide bonds. The number of thioether (sulfide) groups is 1. The number of hydrogen-bond acceptors (Lipinski definition) is 4. The first-order chi connectivity index (χ1) is 8.50. The van der Waals surface area contributed by atoms with Crippen LogP contribution in [0, 0.1) is 0 Å². The van der Waals surface area contributed by atoms with E-state index < -0.39 is 10.2 Å². The van der Waals surface area contributed by atoms with Crippen LogP contribution in [0.25, 0.3) is 0 Å². The average molecular weight is 295 g/mol. The van der Waals surface area contributed by atoms with E-state index in [1.165, 1.54) is 4.31 Å². The van der Waals surface area contributed by atoms with E-state index in [1.807, 2.05) is 25.6 Å². The summed E-state index contributed by atoms with van der Waals surface area (Å²) >= 11 is 1.82. The number of rotatable bonds is 7. The molecule has 0 aromatic heterocycles. The summed E-state index contributed by atoms with van der Waals surface area (Å²) in [4.78, 5) is 0. The largest absolute Gasteiger partial charge is 0.317 e. The van der Waals surface area contributed by atoms with Crippen LogP contribution in [-0.2, 0) is 10.2 Å². The Labute approximate surface area is 115 Å². The van der Waals surface area contributed by atoms with E-state index in [1.54, 1.807) is 11.4 Å². The molecule has 1 atom stereocenters. The molecule has 0 spiro atoms. The molecule has 1 unspecified atom stereocenters. The van der Waals surface area contributed by atoms with E-state index in [0.29, 0.717) is 13.1 Å². The van der Waals surface area contributed by atoms with Gasteiger partial charge in [-0.25, -0.2) is 0 Å². The van der Waals surface area contributed by atoms with Crippen molar-refractivity contribution < 1.29 is 8.42 Å². The summed E-state index contributed by atoms with van der Waals surface area (Å²) in [6, 6.07) is 0.102. The van der Waals surface area contributed by atoms with Gasteiger partial charge in [0.25, 0.3) is 10.2 Å². The van der Waals surface area contributed by atoms with Gasteiger partial charge in [-0.2, -0.15) is 28.8 Å². The summed E-state index contributed by atoms with van der Waals surface area (Å²) in [5.41, 5.74) is 0. The lowest BCUT2D eigenvalue weighted by atomic mass is 10.4. The van der Waals surface area contributed by atoms with Crippen LogP contribution in [0.1, 0.15) is 20.3 Å². The topological polar surface area (TPSA) is 52.7 Å². The summed E-state index contributed by atoms with van der Waals surface area (Å²) in [5.74, 6) is 1.79. The minimum Gasteiger partial charge on any atom is -0.317 e. The van der Waals surface area contributed by atoms with Crippen molar-refractivity contribution in [3.63, 3.8) is 0 Å². The van der Waals surface area contributed by atoms with E-state index in [0.717, 1.165) is 31.0 Å². The molecule has 1 rings (SSSR count). The van der Waals surface area contributed by atoms with E-state index in [-0.39, 0.29) is 6.04 Å². The Hall–Kier alpha value is 0.180. The molecule has 0 radical (unpaired) electrons. The molecular formula is C11H25N3O2S2. The van der Waals surface area contributed by atoms with Gasteiger partial charge in [0.05, 0.1) is 0 Å². The first kappa shape index (κ1) is 16.2. The minimum atomic E-state index is -3.27. The molecule has 108 valence electrons. The van der Waals surface area contributed by atoms with Gasteiger partial charge in [-0.15, -0.1) is 0 Å². The summed E-state index contributed by atoms with van der Waals surface area (Å²) in [7, 11) is -1.60. The van der Waals surface area contributed by atoms with Gasteiger partial charge in [0.2, 0.25) is 0 Å². The zero-order valence-electron chi connectivity index (χ0n) is 11.6. The van der Waals surface area contributed by atoms with Crippen molar-refractivity contribution in [2.24, 2.45) is 0 Å². The van der Waals surface area contributed by atoms with Gasteiger partial charge in [-0.05, 0) is 26.4 Å². The van der Waals surface area contributed by atoms with Crippen molar-refractivity contribution in [1.29, 1.82) is 0 Å². The summed E-state index contributed by atoms with van der Waals surface area (Å²) < 4.78 is 27.9. The summed E-state index contributed by atoms with van der Waals surface area (Å²) in [6.45, 7) is 7.03. The number of hydrogen-bond donors (Lipinski definition) is 1. The lowest BCUT2D eigenvalue weighted by Crippen LogP contribution is -2.50. The Morgan fingerprint density at radius 2 is 2.22 bits per heavy atom. The molecule has 0 aromatic rings. The zero-order chi connectivity index (χ0) is 13.6. The number of nitrogens with zero attached hydrogens (tertiary/aromatic N) is 2. The molecule has 0 bridgehead atoms. The summed E-state index contributed by atoms with van der Waals surface area (Å²) in [5, 5.41) is 3.20. The van der Waals surface area contributed by atoms with Gasteiger partial charge in [0, 0.05) is 37.7 Å². The van der Waals surface area contributed by atoms with Crippen LogP contribution in [0.4, 0.5) is 0 Å². The lowest BCUT2D eigenvalue weighted by Gasteiger charge is -2.34. The highest BCUT2D eigenvalue weighted by atomic mass is 32.2. The van der Waals surface area contributed by atoms with E-state index in [4.69, 9.17) is 0 Å². The third kappa shape index (κ3) is 4.38. The lowest BCUT2D eigenvalue weighted by molar-refractivity contribution is 0.326. The molecule has 5 nitrogen and oxygen atoms in total. The molecule has 1 aliphatic heterocycles. The molecule has 18 heavy (non-hydrogen) atoms. The van der Waals surface area contributed by atoms with Gasteiger partial charge in [0.15, 0.2) is 0 Å². The standard InChI is InChI=1S/C11H25N3O2S2/c1-4-12-6-5-7-13(3)18(15,16)14-8-9-17-10-11(14)2/h11-12H,4-10H2,1-3H3. The van der Waals surface area contributed by atoms with Crippen LogP contribution < -0.4 is 5.32 Å². The maximum atomic E-state index is 12.4. The smallest absolute Gasteiger partial charge is 0.282 e. The summed E-state index contributed by atoms with van der Waals surface area (Å²) in [6.07, 6.45) is 0.848. The molecule has 1 saturated heterocycles. The molecular weight excluding hydrogens is 270 g/mol. The quantitative estimate of drug-likeness (QED) is 0.699. The van der Waals surface area contributed by atoms with Crippen LogP contribution in [0.2, 0.25) is 0 Å². The average Bonchev–Trinajstić information content (AvgIpc) is 2.34. The van der Waals surface area contributed by atoms with Crippen molar-refractivity contribution >= 4 is 22.0 Å². The van der Waals surface area contributed by atoms with Crippen molar-refractivity contribution in [3.8, 4) is 0 Å². The SMILES string of the molecule is CCNCCCN(C)S(=O)(=O)N1CCSCC1C. The molecule has 0 aliphatic carbocycles. The monoisotopic (exact) mass is 295 g/mol. The molecule has 1 heterocycles. The second kappa shape index (κ2) is 7.69. The third-order valence-corrected chi connectivity index (χ3v) is 6.37. The van der Waals surface area contributed by atoms with Crippen LogP contribution in [0.15, 0.2) is 0 Å². The highest BCUT2D eigenvalue weighted by Crippen LogP contribution is 2.20. The molecule has 0 aromatic carbocycles. The Kier molecular flexibility index (Phi) is 6.94. The van der Waals surface area contributed by atoms with Crippen LogP contribution in [0.5, 0.6) is 0 Å².